The first-order valence-electron chi connectivity index (χ1n) is 16.6. The normalized spacial score (nSPS) is 16.1. The predicted octanol–water partition coefficient (Wildman–Crippen LogP) is 8.29. The average molecular weight is 735 g/mol. The Hall–Kier alpha value is -2.82. The van der Waals surface area contributed by atoms with Gasteiger partial charge in [0.2, 0.25) is 5.91 Å². The van der Waals surface area contributed by atoms with Gasteiger partial charge in [0.05, 0.1) is 23.9 Å². The Bertz CT molecular complexity index is 1190. The minimum atomic E-state index is -0.552. The summed E-state index contributed by atoms with van der Waals surface area (Å²) < 4.78 is 17.1. The van der Waals surface area contributed by atoms with E-state index in [1.807, 2.05) is 24.0 Å². The van der Waals surface area contributed by atoms with Crippen molar-refractivity contribution >= 4 is 40.7 Å². The molecule has 1 aliphatic carbocycles. The number of carbonyl (C=O) groups excluding carboxylic acids is 3. The van der Waals surface area contributed by atoms with Gasteiger partial charge in [0.25, 0.3) is 0 Å². The maximum Gasteiger partial charge on any atom is 0.416 e. The zero-order chi connectivity index (χ0) is 32.4. The smallest absolute Gasteiger partial charge is 0.416 e. The van der Waals surface area contributed by atoms with Crippen LogP contribution in [0.3, 0.4) is 0 Å². The maximum absolute atomic E-state index is 13.5. The van der Waals surface area contributed by atoms with Gasteiger partial charge < -0.3 is 19.1 Å². The molecule has 2 aromatic rings. The molecule has 1 aliphatic rings. The molecule has 0 spiro atoms. The van der Waals surface area contributed by atoms with E-state index in [1.54, 1.807) is 14.0 Å². The number of hydrogen-bond acceptors (Lipinski definition) is 6. The minimum Gasteiger partial charge on any atom is -0.496 e. The van der Waals surface area contributed by atoms with Crippen molar-refractivity contribution < 1.29 is 28.6 Å². The van der Waals surface area contributed by atoms with E-state index >= 15 is 0 Å². The molecule has 248 valence electrons. The molecule has 0 aromatic heterocycles. The topological polar surface area (TPSA) is 85.4 Å². The molecule has 3 rings (SSSR count). The molecule has 0 heterocycles. The number of halogens is 1. The Balaban J connectivity index is 1.46. The van der Waals surface area contributed by atoms with Gasteiger partial charge in [-0.3, -0.25) is 4.79 Å². The van der Waals surface area contributed by atoms with Crippen molar-refractivity contribution in [1.82, 2.24) is 9.80 Å². The first-order chi connectivity index (χ1) is 21.9. The van der Waals surface area contributed by atoms with Crippen molar-refractivity contribution in [2.75, 3.05) is 40.0 Å². The summed E-state index contributed by atoms with van der Waals surface area (Å²) in [5.74, 6) is 0.830. The molecule has 9 heteroatoms. The molecule has 0 radical (unpaired) electrons. The Morgan fingerprint density at radius 1 is 0.778 bits per heavy atom. The van der Waals surface area contributed by atoms with E-state index in [-0.39, 0.29) is 24.5 Å². The van der Waals surface area contributed by atoms with Crippen LogP contribution in [0, 0.1) is 15.4 Å². The summed E-state index contributed by atoms with van der Waals surface area (Å²) in [5.41, 5.74) is 2.55. The summed E-state index contributed by atoms with van der Waals surface area (Å²) >= 11 is 2.27. The molecule has 0 aliphatic heterocycles. The highest BCUT2D eigenvalue weighted by molar-refractivity contribution is 14.1. The van der Waals surface area contributed by atoms with Crippen LogP contribution >= 0.6 is 22.6 Å². The number of methoxy groups -OCH3 is 1. The summed E-state index contributed by atoms with van der Waals surface area (Å²) in [6.07, 6.45) is 8.84. The molecular formula is C36H51IN2O6. The zero-order valence-corrected chi connectivity index (χ0v) is 29.5. The van der Waals surface area contributed by atoms with Gasteiger partial charge in [-0.25, -0.2) is 14.5 Å². The second-order valence-corrected chi connectivity index (χ2v) is 12.9. The Morgan fingerprint density at radius 2 is 1.42 bits per heavy atom. The van der Waals surface area contributed by atoms with Crippen molar-refractivity contribution in [1.29, 1.82) is 0 Å². The lowest BCUT2D eigenvalue weighted by Crippen LogP contribution is -2.43. The third kappa shape index (κ3) is 12.5. The van der Waals surface area contributed by atoms with Crippen molar-refractivity contribution in [2.24, 2.45) is 11.8 Å². The van der Waals surface area contributed by atoms with Crippen molar-refractivity contribution in [2.45, 2.75) is 84.5 Å². The van der Waals surface area contributed by atoms with Crippen LogP contribution in [0.25, 0.3) is 0 Å². The van der Waals surface area contributed by atoms with Crippen LogP contribution in [0.5, 0.6) is 5.75 Å². The Morgan fingerprint density at radius 3 is 2.09 bits per heavy atom. The number of ether oxygens (including phenoxy) is 3. The van der Waals surface area contributed by atoms with Gasteiger partial charge in [-0.15, -0.1) is 0 Å². The van der Waals surface area contributed by atoms with Gasteiger partial charge in [-0.05, 0) is 130 Å². The number of aryl methyl sites for hydroxylation is 2. The number of imide groups is 1. The van der Waals surface area contributed by atoms with Crippen LogP contribution in [0.15, 0.2) is 48.5 Å². The maximum atomic E-state index is 13.5. The second-order valence-electron chi connectivity index (χ2n) is 11.8. The molecule has 2 aromatic carbocycles. The summed E-state index contributed by atoms with van der Waals surface area (Å²) in [6, 6.07) is 16.6. The first kappa shape index (κ1) is 36.6. The summed E-state index contributed by atoms with van der Waals surface area (Å²) in [5, 5.41) is 0. The molecule has 0 saturated heterocycles. The fraction of sp³-hybridized carbons (Fsp3) is 0.583. The number of amides is 3. The van der Waals surface area contributed by atoms with Crippen molar-refractivity contribution in [3.63, 3.8) is 0 Å². The second kappa shape index (κ2) is 20.3. The fourth-order valence-electron chi connectivity index (χ4n) is 6.01. The SMILES string of the molecule is CCOC(=O)N(CCCCCc1ccccc1)CC1CCC(C(=O)N(CCCCc2ccc(OC)c(I)c2)C(=O)OCC)CC1. The number of unbranched alkanes of at least 4 members (excludes halogenated alkanes) is 3. The first-order valence-corrected chi connectivity index (χ1v) is 17.7. The Kier molecular flexibility index (Phi) is 16.6. The molecule has 0 atom stereocenters. The van der Waals surface area contributed by atoms with Crippen LogP contribution in [0.1, 0.15) is 82.8 Å². The van der Waals surface area contributed by atoms with E-state index in [0.717, 1.165) is 60.7 Å². The lowest BCUT2D eigenvalue weighted by atomic mass is 9.81. The minimum absolute atomic E-state index is 0.133. The summed E-state index contributed by atoms with van der Waals surface area (Å²) in [4.78, 5) is 42.3. The lowest BCUT2D eigenvalue weighted by molar-refractivity contribution is -0.135. The summed E-state index contributed by atoms with van der Waals surface area (Å²) in [7, 11) is 1.67. The molecular weight excluding hydrogens is 683 g/mol. The molecule has 45 heavy (non-hydrogen) atoms. The van der Waals surface area contributed by atoms with E-state index in [2.05, 4.69) is 59.0 Å². The predicted molar refractivity (Wildman–Crippen MR) is 185 cm³/mol. The van der Waals surface area contributed by atoms with Gasteiger partial charge in [0, 0.05) is 25.6 Å². The molecule has 3 amide bonds. The van der Waals surface area contributed by atoms with Crippen molar-refractivity contribution in [3.8, 4) is 5.75 Å². The van der Waals surface area contributed by atoms with Crippen LogP contribution in [0.2, 0.25) is 0 Å². The number of hydrogen-bond donors (Lipinski definition) is 0. The Labute approximate surface area is 283 Å². The van der Waals surface area contributed by atoms with Crippen LogP contribution < -0.4 is 4.74 Å². The summed E-state index contributed by atoms with van der Waals surface area (Å²) in [6.45, 7) is 5.86. The van der Waals surface area contributed by atoms with Gasteiger partial charge >= 0.3 is 12.2 Å². The van der Waals surface area contributed by atoms with Crippen LogP contribution in [-0.4, -0.2) is 67.9 Å². The molecule has 1 saturated carbocycles. The lowest BCUT2D eigenvalue weighted by Gasteiger charge is -2.33. The van der Waals surface area contributed by atoms with Gasteiger partial charge in [-0.1, -0.05) is 42.8 Å². The van der Waals surface area contributed by atoms with Gasteiger partial charge in [0.15, 0.2) is 0 Å². The molecule has 0 N–H and O–H groups in total. The highest BCUT2D eigenvalue weighted by atomic mass is 127. The fourth-order valence-corrected chi connectivity index (χ4v) is 6.81. The van der Waals surface area contributed by atoms with Gasteiger partial charge in [-0.2, -0.15) is 0 Å². The average Bonchev–Trinajstić information content (AvgIpc) is 3.05. The van der Waals surface area contributed by atoms with E-state index in [9.17, 15) is 14.4 Å². The monoisotopic (exact) mass is 734 g/mol. The standard InChI is InChI=1S/C36H51IN2O6/c1-4-44-35(41)38(24-12-7-10-16-28-14-8-6-9-15-28)27-30-18-21-31(22-19-30)34(40)39(36(42)45-5-2)25-13-11-17-29-20-23-33(43-3)32(37)26-29/h6,8-9,14-15,20,23,26,30-31H,4-5,7,10-13,16-19,21-22,24-25,27H2,1-3H3. The number of carbonyl (C=O) groups is 3. The highest BCUT2D eigenvalue weighted by Gasteiger charge is 2.33. The largest absolute Gasteiger partial charge is 0.496 e. The number of benzene rings is 2. The molecule has 0 bridgehead atoms. The van der Waals surface area contributed by atoms with Crippen LogP contribution in [0.4, 0.5) is 9.59 Å². The van der Waals surface area contributed by atoms with E-state index in [1.165, 1.54) is 16.0 Å². The number of nitrogens with zero attached hydrogens (tertiary/aromatic N) is 2. The highest BCUT2D eigenvalue weighted by Crippen LogP contribution is 2.31. The van der Waals surface area contributed by atoms with Crippen LogP contribution in [-0.2, 0) is 27.1 Å². The third-order valence-electron chi connectivity index (χ3n) is 8.50. The van der Waals surface area contributed by atoms with Gasteiger partial charge in [0.1, 0.15) is 5.75 Å². The van der Waals surface area contributed by atoms with Crippen molar-refractivity contribution in [3.05, 3.63) is 63.2 Å². The molecule has 8 nitrogen and oxygen atoms in total. The molecule has 1 fully saturated rings. The van der Waals surface area contributed by atoms with E-state index < -0.39 is 6.09 Å². The quantitative estimate of drug-likeness (QED) is 0.120. The molecule has 0 unspecified atom stereocenters. The van der Waals surface area contributed by atoms with E-state index in [4.69, 9.17) is 14.2 Å². The van der Waals surface area contributed by atoms with E-state index in [0.29, 0.717) is 51.4 Å². The number of rotatable bonds is 17. The third-order valence-corrected chi connectivity index (χ3v) is 9.35. The zero-order valence-electron chi connectivity index (χ0n) is 27.3.